The lowest BCUT2D eigenvalue weighted by Gasteiger charge is -2.25. The van der Waals surface area contributed by atoms with E-state index in [1.807, 2.05) is 5.30 Å². The summed E-state index contributed by atoms with van der Waals surface area (Å²) in [7, 11) is 0.0143. The molecule has 0 fully saturated rings. The van der Waals surface area contributed by atoms with Gasteiger partial charge in [0.25, 0.3) is 0 Å². The molecule has 0 atom stereocenters. The maximum absolute atomic E-state index is 2.61. The third-order valence-electron chi connectivity index (χ3n) is 6.93. The Morgan fingerprint density at radius 3 is 1.44 bits per heavy atom. The van der Waals surface area contributed by atoms with E-state index < -0.39 is 0 Å². The van der Waals surface area contributed by atoms with Crippen LogP contribution in [0.15, 0.2) is 12.1 Å². The molecule has 0 radical (unpaired) electrons. The summed E-state index contributed by atoms with van der Waals surface area (Å²) >= 11 is 0. The fourth-order valence-corrected chi connectivity index (χ4v) is 7.97. The van der Waals surface area contributed by atoms with Crippen LogP contribution < -0.4 is 5.30 Å². The van der Waals surface area contributed by atoms with Crippen molar-refractivity contribution in [3.05, 3.63) is 28.8 Å². The van der Waals surface area contributed by atoms with Crippen molar-refractivity contribution in [2.24, 2.45) is 0 Å². The average Bonchev–Trinajstić information content (AvgIpc) is 2.79. The Hall–Kier alpha value is -0.350. The van der Waals surface area contributed by atoms with Crippen molar-refractivity contribution in [3.63, 3.8) is 0 Å². The van der Waals surface area contributed by atoms with Gasteiger partial charge in [-0.15, -0.1) is 0 Å². The van der Waals surface area contributed by atoms with Gasteiger partial charge in [-0.05, 0) is 66.4 Å². The van der Waals surface area contributed by atoms with Gasteiger partial charge in [-0.3, -0.25) is 0 Å². The lowest BCUT2D eigenvalue weighted by Crippen LogP contribution is -2.17. The van der Waals surface area contributed by atoms with Crippen LogP contribution in [0.5, 0.6) is 0 Å². The number of hydrogen-bond acceptors (Lipinski definition) is 0. The van der Waals surface area contributed by atoms with Crippen LogP contribution in [0.4, 0.5) is 0 Å². The highest BCUT2D eigenvalue weighted by atomic mass is 31.1. The van der Waals surface area contributed by atoms with Crippen LogP contribution in [0.1, 0.15) is 148 Å². The summed E-state index contributed by atoms with van der Waals surface area (Å²) in [6.45, 7) is 11.7. The van der Waals surface area contributed by atoms with E-state index in [1.54, 1.807) is 16.7 Å². The Morgan fingerprint density at radius 1 is 0.469 bits per heavy atom. The van der Waals surface area contributed by atoms with Gasteiger partial charge in [0.15, 0.2) is 0 Å². The highest BCUT2D eigenvalue weighted by molar-refractivity contribution is 7.65. The van der Waals surface area contributed by atoms with E-state index in [4.69, 9.17) is 0 Å². The Kier molecular flexibility index (Phi) is 18.6. The third kappa shape index (κ3) is 11.7. The average molecular weight is 461 g/mol. The van der Waals surface area contributed by atoms with E-state index >= 15 is 0 Å². The second-order valence-corrected chi connectivity index (χ2v) is 12.4. The van der Waals surface area contributed by atoms with Crippen molar-refractivity contribution in [2.75, 3.05) is 12.3 Å². The molecule has 0 aliphatic heterocycles. The minimum atomic E-state index is 0.0143. The number of rotatable bonds is 21. The molecule has 0 saturated carbocycles. The standard InChI is InChI=1S/C31H57P/c1-6-11-13-15-17-19-26-32(27-20-18-16-14-12-7-2)31-25-24-28(21-8-3)29(22-9-4)30(31)23-10-5/h24-25H,6-23,26-27H2,1-5H3. The van der Waals surface area contributed by atoms with Gasteiger partial charge in [0.1, 0.15) is 0 Å². The van der Waals surface area contributed by atoms with Crippen molar-refractivity contribution in [1.29, 1.82) is 0 Å². The van der Waals surface area contributed by atoms with Crippen LogP contribution in [-0.2, 0) is 19.3 Å². The first-order valence-corrected chi connectivity index (χ1v) is 16.3. The molecule has 0 aromatic heterocycles. The van der Waals surface area contributed by atoms with E-state index in [2.05, 4.69) is 46.8 Å². The topological polar surface area (TPSA) is 0 Å². The fourth-order valence-electron chi connectivity index (χ4n) is 5.14. The minimum absolute atomic E-state index is 0.0143. The molecule has 0 N–H and O–H groups in total. The summed E-state index contributed by atoms with van der Waals surface area (Å²) in [6.07, 6.45) is 27.8. The fraction of sp³-hybridized carbons (Fsp3) is 0.806. The maximum Gasteiger partial charge on any atom is -0.0206 e. The van der Waals surface area contributed by atoms with E-state index in [0.717, 1.165) is 0 Å². The lowest BCUT2D eigenvalue weighted by atomic mass is 9.92. The van der Waals surface area contributed by atoms with Gasteiger partial charge >= 0.3 is 0 Å². The number of aryl methyl sites for hydroxylation is 1. The van der Waals surface area contributed by atoms with Gasteiger partial charge < -0.3 is 0 Å². The molecule has 1 aromatic rings. The predicted molar refractivity (Wildman–Crippen MR) is 151 cm³/mol. The highest BCUT2D eigenvalue weighted by Crippen LogP contribution is 2.40. The summed E-state index contributed by atoms with van der Waals surface area (Å²) in [4.78, 5) is 0. The maximum atomic E-state index is 2.61. The monoisotopic (exact) mass is 460 g/mol. The van der Waals surface area contributed by atoms with Gasteiger partial charge in [0.05, 0.1) is 0 Å². The first-order chi connectivity index (χ1) is 15.7. The number of benzene rings is 1. The SMILES string of the molecule is CCCCCCCCP(CCCCCCCC)c1ccc(CCC)c(CCC)c1CCC. The molecular weight excluding hydrogens is 403 g/mol. The molecule has 0 unspecified atom stereocenters. The molecular formula is C31H57P. The second-order valence-electron chi connectivity index (χ2n) is 9.97. The molecule has 32 heavy (non-hydrogen) atoms. The molecule has 0 saturated heterocycles. The zero-order valence-corrected chi connectivity index (χ0v) is 23.6. The molecule has 1 aromatic carbocycles. The van der Waals surface area contributed by atoms with E-state index in [1.165, 1.54) is 128 Å². The molecule has 0 heterocycles. The largest absolute Gasteiger partial charge is 0.0750 e. The van der Waals surface area contributed by atoms with Gasteiger partial charge in [-0.25, -0.2) is 0 Å². The first kappa shape index (κ1) is 29.7. The normalized spacial score (nSPS) is 11.6. The van der Waals surface area contributed by atoms with Crippen molar-refractivity contribution in [1.82, 2.24) is 0 Å². The first-order valence-electron chi connectivity index (χ1n) is 14.6. The molecule has 0 nitrogen and oxygen atoms in total. The van der Waals surface area contributed by atoms with Gasteiger partial charge in [0, 0.05) is 0 Å². The number of hydrogen-bond donors (Lipinski definition) is 0. The number of unbranched alkanes of at least 4 members (excludes halogenated alkanes) is 10. The van der Waals surface area contributed by atoms with Crippen molar-refractivity contribution in [2.45, 2.75) is 150 Å². The van der Waals surface area contributed by atoms with Crippen LogP contribution in [0.3, 0.4) is 0 Å². The summed E-state index contributed by atoms with van der Waals surface area (Å²) in [6, 6.07) is 5.15. The van der Waals surface area contributed by atoms with Crippen LogP contribution in [0, 0.1) is 0 Å². The molecule has 0 aliphatic carbocycles. The van der Waals surface area contributed by atoms with Crippen LogP contribution in [0.25, 0.3) is 0 Å². The molecule has 0 aliphatic rings. The third-order valence-corrected chi connectivity index (χ3v) is 9.74. The van der Waals surface area contributed by atoms with Crippen molar-refractivity contribution < 1.29 is 0 Å². The lowest BCUT2D eigenvalue weighted by molar-refractivity contribution is 0.622. The van der Waals surface area contributed by atoms with Crippen molar-refractivity contribution in [3.8, 4) is 0 Å². The zero-order valence-electron chi connectivity index (χ0n) is 22.7. The van der Waals surface area contributed by atoms with E-state index in [9.17, 15) is 0 Å². The van der Waals surface area contributed by atoms with Crippen LogP contribution >= 0.6 is 7.92 Å². The molecule has 1 rings (SSSR count). The smallest absolute Gasteiger partial charge is 0.0206 e. The molecule has 186 valence electrons. The quantitative estimate of drug-likeness (QED) is 0.126. The van der Waals surface area contributed by atoms with Crippen LogP contribution in [-0.4, -0.2) is 12.3 Å². The summed E-state index contributed by atoms with van der Waals surface area (Å²) in [5, 5.41) is 1.81. The summed E-state index contributed by atoms with van der Waals surface area (Å²) in [5.74, 6) is 0. The Balaban J connectivity index is 2.98. The van der Waals surface area contributed by atoms with Crippen LogP contribution in [0.2, 0.25) is 0 Å². The van der Waals surface area contributed by atoms with Gasteiger partial charge in [-0.2, -0.15) is 0 Å². The Labute approximate surface area is 204 Å². The summed E-state index contributed by atoms with van der Waals surface area (Å²) < 4.78 is 0. The van der Waals surface area contributed by atoms with E-state index in [0.29, 0.717) is 0 Å². The molecule has 0 spiro atoms. The van der Waals surface area contributed by atoms with Gasteiger partial charge in [0.2, 0.25) is 0 Å². The Bertz CT molecular complexity index is 546. The Morgan fingerprint density at radius 2 is 0.938 bits per heavy atom. The van der Waals surface area contributed by atoms with Crippen molar-refractivity contribution >= 4 is 13.2 Å². The molecule has 0 amide bonds. The van der Waals surface area contributed by atoms with E-state index in [-0.39, 0.29) is 7.92 Å². The predicted octanol–water partition coefficient (Wildman–Crippen LogP) is 10.4. The van der Waals surface area contributed by atoms with Gasteiger partial charge in [-0.1, -0.05) is 138 Å². The molecule has 0 bridgehead atoms. The zero-order chi connectivity index (χ0) is 23.4. The highest BCUT2D eigenvalue weighted by Gasteiger charge is 2.19. The molecule has 1 heteroatoms. The second kappa shape index (κ2) is 20.1. The summed E-state index contributed by atoms with van der Waals surface area (Å²) in [5.41, 5.74) is 5.21. The minimum Gasteiger partial charge on any atom is -0.0750 e.